The normalized spacial score (nSPS) is 25.0. The topological polar surface area (TPSA) is 118 Å². The molecule has 2 fully saturated rings. The summed E-state index contributed by atoms with van der Waals surface area (Å²) >= 11 is 0. The molecule has 26 heavy (non-hydrogen) atoms. The van der Waals surface area contributed by atoms with Crippen molar-refractivity contribution < 1.29 is 22.7 Å². The maximum Gasteiger partial charge on any atom is 0.254 e. The molecular weight excluding hydrogens is 360 g/mol. The van der Waals surface area contributed by atoms with Crippen molar-refractivity contribution in [2.24, 2.45) is 0 Å². The monoisotopic (exact) mass is 382 g/mol. The van der Waals surface area contributed by atoms with Gasteiger partial charge in [0.05, 0.1) is 12.3 Å². The predicted octanol–water partition coefficient (Wildman–Crippen LogP) is -0.822. The molecule has 3 heterocycles. The van der Waals surface area contributed by atoms with E-state index >= 15 is 0 Å². The molecule has 2 N–H and O–H groups in total. The van der Waals surface area contributed by atoms with Crippen LogP contribution in [-0.2, 0) is 24.3 Å². The molecule has 10 heteroatoms. The molecule has 1 aromatic rings. The van der Waals surface area contributed by atoms with Gasteiger partial charge >= 0.3 is 0 Å². The number of hydrogen-bond donors (Lipinski definition) is 2. The summed E-state index contributed by atoms with van der Waals surface area (Å²) in [5.41, 5.74) is 0.701. The van der Waals surface area contributed by atoms with Crippen molar-refractivity contribution >= 4 is 21.8 Å². The maximum atomic E-state index is 12.9. The average molecular weight is 382 g/mol. The number of likely N-dealkylation sites (tertiary alicyclic amines) is 1. The Labute approximate surface area is 152 Å². The fourth-order valence-electron chi connectivity index (χ4n) is 3.28. The van der Waals surface area contributed by atoms with Gasteiger partial charge in [0.1, 0.15) is 6.61 Å². The van der Waals surface area contributed by atoms with Gasteiger partial charge in [0.25, 0.3) is 5.91 Å². The first-order valence-corrected chi connectivity index (χ1v) is 10.3. The van der Waals surface area contributed by atoms with Crippen LogP contribution >= 0.6 is 0 Å². The van der Waals surface area contributed by atoms with Crippen LogP contribution in [0.4, 0.5) is 0 Å². The summed E-state index contributed by atoms with van der Waals surface area (Å²) in [7, 11) is -3.27. The molecular formula is C16H22N4O5S. The van der Waals surface area contributed by atoms with E-state index in [0.717, 1.165) is 6.26 Å². The van der Waals surface area contributed by atoms with Gasteiger partial charge < -0.3 is 15.0 Å². The zero-order valence-corrected chi connectivity index (χ0v) is 15.2. The summed E-state index contributed by atoms with van der Waals surface area (Å²) in [6, 6.07) is 2.76. The number of nitrogens with one attached hydrogen (secondary N) is 2. The highest BCUT2D eigenvalue weighted by molar-refractivity contribution is 7.88. The Morgan fingerprint density at radius 2 is 2.12 bits per heavy atom. The molecule has 9 nitrogen and oxygen atoms in total. The lowest BCUT2D eigenvalue weighted by Crippen LogP contribution is -2.55. The smallest absolute Gasteiger partial charge is 0.254 e. The second-order valence-corrected chi connectivity index (χ2v) is 8.33. The number of nitrogens with zero attached hydrogens (tertiary/aromatic N) is 2. The van der Waals surface area contributed by atoms with Gasteiger partial charge in [0.2, 0.25) is 15.9 Å². The lowest BCUT2D eigenvalue weighted by atomic mass is 9.98. The van der Waals surface area contributed by atoms with E-state index in [4.69, 9.17) is 4.74 Å². The van der Waals surface area contributed by atoms with Crippen molar-refractivity contribution in [1.82, 2.24) is 19.9 Å². The number of sulfonamides is 1. The van der Waals surface area contributed by atoms with Crippen LogP contribution in [0.5, 0.6) is 0 Å². The van der Waals surface area contributed by atoms with Crippen LogP contribution in [0.2, 0.25) is 0 Å². The summed E-state index contributed by atoms with van der Waals surface area (Å²) < 4.78 is 30.8. The molecule has 0 spiro atoms. The van der Waals surface area contributed by atoms with Crippen LogP contribution in [0.25, 0.3) is 0 Å². The molecule has 0 saturated carbocycles. The van der Waals surface area contributed by atoms with Crippen LogP contribution in [0.3, 0.4) is 0 Å². The summed E-state index contributed by atoms with van der Waals surface area (Å²) in [4.78, 5) is 30.3. The second-order valence-electron chi connectivity index (χ2n) is 6.55. The molecule has 0 aromatic carbocycles. The molecule has 0 unspecified atom stereocenters. The average Bonchev–Trinajstić information content (AvgIpc) is 2.61. The minimum absolute atomic E-state index is 0.167. The zero-order chi connectivity index (χ0) is 18.7. The highest BCUT2D eigenvalue weighted by Crippen LogP contribution is 2.24. The third-order valence-electron chi connectivity index (χ3n) is 4.49. The molecule has 0 bridgehead atoms. The number of piperidine rings is 1. The first kappa shape index (κ1) is 18.7. The molecule has 2 saturated heterocycles. The van der Waals surface area contributed by atoms with Gasteiger partial charge in [-0.15, -0.1) is 0 Å². The highest BCUT2D eigenvalue weighted by atomic mass is 32.2. The molecule has 142 valence electrons. The van der Waals surface area contributed by atoms with E-state index in [1.807, 2.05) is 0 Å². The summed E-state index contributed by atoms with van der Waals surface area (Å²) in [6.07, 6.45) is 4.59. The summed E-state index contributed by atoms with van der Waals surface area (Å²) in [5, 5.41) is 2.80. The Balaban J connectivity index is 1.67. The van der Waals surface area contributed by atoms with Crippen molar-refractivity contribution in [2.75, 3.05) is 26.0 Å². The standard InChI is InChI=1S/C16H22N4O5S/c1-26(23,24)19-12-4-7-20(8-5-12)16(22)15-14(18-13(21)10-25-15)11-3-2-6-17-9-11/h2-3,6,9,12,14-15,19H,4-5,7-8,10H2,1H3,(H,18,21)/t14-,15+/m1/s1. The van der Waals surface area contributed by atoms with E-state index in [1.165, 1.54) is 0 Å². The van der Waals surface area contributed by atoms with E-state index in [2.05, 4.69) is 15.0 Å². The molecule has 2 aliphatic heterocycles. The minimum Gasteiger partial charge on any atom is -0.356 e. The van der Waals surface area contributed by atoms with Crippen LogP contribution in [0.1, 0.15) is 24.4 Å². The Morgan fingerprint density at radius 3 is 2.73 bits per heavy atom. The number of hydrogen-bond acceptors (Lipinski definition) is 6. The minimum atomic E-state index is -3.27. The number of carbonyl (C=O) groups excluding carboxylic acids is 2. The number of amides is 2. The van der Waals surface area contributed by atoms with Crippen LogP contribution in [0, 0.1) is 0 Å². The SMILES string of the molecule is CS(=O)(=O)NC1CCN(C(=O)[C@H]2OCC(=O)N[C@@H]2c2cccnc2)CC1. The van der Waals surface area contributed by atoms with Gasteiger partial charge in [-0.25, -0.2) is 13.1 Å². The Bertz CT molecular complexity index is 762. The summed E-state index contributed by atoms with van der Waals surface area (Å²) in [6.45, 7) is 0.693. The molecule has 3 rings (SSSR count). The van der Waals surface area contributed by atoms with Gasteiger partial charge in [0.15, 0.2) is 6.10 Å². The lowest BCUT2D eigenvalue weighted by molar-refractivity contribution is -0.156. The number of pyridine rings is 1. The van der Waals surface area contributed by atoms with E-state index in [9.17, 15) is 18.0 Å². The molecule has 2 amide bonds. The zero-order valence-electron chi connectivity index (χ0n) is 14.4. The van der Waals surface area contributed by atoms with Gasteiger partial charge in [-0.1, -0.05) is 6.07 Å². The van der Waals surface area contributed by atoms with Crippen molar-refractivity contribution in [1.29, 1.82) is 0 Å². The second kappa shape index (κ2) is 7.68. The van der Waals surface area contributed by atoms with E-state index in [-0.39, 0.29) is 24.5 Å². The van der Waals surface area contributed by atoms with Gasteiger partial charge in [-0.05, 0) is 24.5 Å². The molecule has 1 aromatic heterocycles. The van der Waals surface area contributed by atoms with Crippen molar-refractivity contribution in [3.05, 3.63) is 30.1 Å². The predicted molar refractivity (Wildman–Crippen MR) is 92.4 cm³/mol. The first-order chi connectivity index (χ1) is 12.3. The molecule has 0 aliphatic carbocycles. The number of aromatic nitrogens is 1. The van der Waals surface area contributed by atoms with Gasteiger partial charge in [-0.3, -0.25) is 14.6 Å². The Morgan fingerprint density at radius 1 is 1.38 bits per heavy atom. The van der Waals surface area contributed by atoms with Crippen molar-refractivity contribution in [3.63, 3.8) is 0 Å². The van der Waals surface area contributed by atoms with Gasteiger partial charge in [0, 0.05) is 31.5 Å². The Hall–Kier alpha value is -2.04. The van der Waals surface area contributed by atoms with Crippen molar-refractivity contribution in [2.45, 2.75) is 31.0 Å². The maximum absolute atomic E-state index is 12.9. The largest absolute Gasteiger partial charge is 0.356 e. The lowest BCUT2D eigenvalue weighted by Gasteiger charge is -2.38. The first-order valence-electron chi connectivity index (χ1n) is 8.40. The van der Waals surface area contributed by atoms with Gasteiger partial charge in [-0.2, -0.15) is 0 Å². The molecule has 2 aliphatic rings. The third kappa shape index (κ3) is 4.57. The number of morpholine rings is 1. The van der Waals surface area contributed by atoms with Crippen LogP contribution in [-0.4, -0.2) is 68.2 Å². The number of rotatable bonds is 4. The van der Waals surface area contributed by atoms with E-state index in [0.29, 0.717) is 31.5 Å². The number of carbonyl (C=O) groups is 2. The molecule has 2 atom stereocenters. The van der Waals surface area contributed by atoms with Crippen LogP contribution < -0.4 is 10.0 Å². The number of ether oxygens (including phenoxy) is 1. The van der Waals surface area contributed by atoms with E-state index in [1.54, 1.807) is 29.4 Å². The molecule has 0 radical (unpaired) electrons. The quantitative estimate of drug-likeness (QED) is 0.702. The Kier molecular flexibility index (Phi) is 5.54. The van der Waals surface area contributed by atoms with Crippen molar-refractivity contribution in [3.8, 4) is 0 Å². The van der Waals surface area contributed by atoms with E-state index < -0.39 is 22.2 Å². The summed E-state index contributed by atoms with van der Waals surface area (Å²) in [5.74, 6) is -0.490. The highest BCUT2D eigenvalue weighted by Gasteiger charge is 2.39. The third-order valence-corrected chi connectivity index (χ3v) is 5.25. The fraction of sp³-hybridized carbons (Fsp3) is 0.562. The fourth-order valence-corrected chi connectivity index (χ4v) is 4.13. The van der Waals surface area contributed by atoms with Crippen LogP contribution in [0.15, 0.2) is 24.5 Å².